The number of hydrogen-bond donors (Lipinski definition) is 1. The summed E-state index contributed by atoms with van der Waals surface area (Å²) >= 11 is 0. The molecule has 0 radical (unpaired) electrons. The van der Waals surface area contributed by atoms with Crippen molar-refractivity contribution in [2.75, 3.05) is 45.7 Å². The summed E-state index contributed by atoms with van der Waals surface area (Å²) in [6, 6.07) is 0. The van der Waals surface area contributed by atoms with Gasteiger partial charge in [0, 0.05) is 18.7 Å². The van der Waals surface area contributed by atoms with Gasteiger partial charge in [-0.25, -0.2) is 0 Å². The quantitative estimate of drug-likeness (QED) is 0.505. The maximum Gasteiger partial charge on any atom is 0.249 e. The molecule has 0 aliphatic heterocycles. The SMILES string of the molecule is Cc1c(NCCOCCN(C)C)c(=O)c1=O. The maximum absolute atomic E-state index is 11.1. The van der Waals surface area contributed by atoms with Crippen LogP contribution in [0.4, 0.5) is 5.69 Å². The van der Waals surface area contributed by atoms with E-state index in [1.165, 1.54) is 0 Å². The molecule has 0 aliphatic rings. The number of hydrogen-bond acceptors (Lipinski definition) is 5. The van der Waals surface area contributed by atoms with Crippen LogP contribution in [0.2, 0.25) is 0 Å². The second kappa shape index (κ2) is 5.77. The average molecular weight is 226 g/mol. The fraction of sp³-hybridized carbons (Fsp3) is 0.636. The summed E-state index contributed by atoms with van der Waals surface area (Å²) in [6.45, 7) is 4.28. The molecule has 0 aliphatic carbocycles. The lowest BCUT2D eigenvalue weighted by molar-refractivity contribution is 0.126. The molecule has 0 fully saturated rings. The van der Waals surface area contributed by atoms with Crippen LogP contribution >= 0.6 is 0 Å². The van der Waals surface area contributed by atoms with E-state index in [1.54, 1.807) is 6.92 Å². The average Bonchev–Trinajstić information content (AvgIpc) is 2.26. The van der Waals surface area contributed by atoms with Gasteiger partial charge in [-0.15, -0.1) is 0 Å². The summed E-state index contributed by atoms with van der Waals surface area (Å²) in [6.07, 6.45) is 0. The third-order valence-corrected chi connectivity index (χ3v) is 2.38. The van der Waals surface area contributed by atoms with Crippen LogP contribution in [0, 0.1) is 6.92 Å². The van der Waals surface area contributed by atoms with Crippen molar-refractivity contribution in [2.24, 2.45) is 0 Å². The lowest BCUT2D eigenvalue weighted by Crippen LogP contribution is -2.37. The Bertz CT molecular complexity index is 405. The first-order chi connectivity index (χ1) is 7.54. The third-order valence-electron chi connectivity index (χ3n) is 2.38. The van der Waals surface area contributed by atoms with Crippen molar-refractivity contribution in [2.45, 2.75) is 6.92 Å². The Morgan fingerprint density at radius 2 is 1.88 bits per heavy atom. The Morgan fingerprint density at radius 1 is 1.19 bits per heavy atom. The summed E-state index contributed by atoms with van der Waals surface area (Å²) < 4.78 is 5.34. The molecule has 1 N–H and O–H groups in total. The highest BCUT2D eigenvalue weighted by atomic mass is 16.5. The topological polar surface area (TPSA) is 58.6 Å². The zero-order valence-corrected chi connectivity index (χ0v) is 10.0. The molecule has 0 spiro atoms. The van der Waals surface area contributed by atoms with Crippen LogP contribution in [-0.2, 0) is 4.74 Å². The van der Waals surface area contributed by atoms with Crippen LogP contribution in [-0.4, -0.2) is 45.3 Å². The second-order valence-corrected chi connectivity index (χ2v) is 4.00. The van der Waals surface area contributed by atoms with Crippen molar-refractivity contribution < 1.29 is 4.74 Å². The first-order valence-corrected chi connectivity index (χ1v) is 5.30. The van der Waals surface area contributed by atoms with E-state index in [4.69, 9.17) is 4.74 Å². The zero-order chi connectivity index (χ0) is 12.1. The van der Waals surface area contributed by atoms with Crippen LogP contribution in [0.15, 0.2) is 9.59 Å². The summed E-state index contributed by atoms with van der Waals surface area (Å²) in [4.78, 5) is 24.0. The molecule has 5 nitrogen and oxygen atoms in total. The first-order valence-electron chi connectivity index (χ1n) is 5.30. The number of anilines is 1. The van der Waals surface area contributed by atoms with Gasteiger partial charge in [-0.3, -0.25) is 9.59 Å². The molecule has 1 rings (SSSR count). The Morgan fingerprint density at radius 3 is 2.44 bits per heavy atom. The smallest absolute Gasteiger partial charge is 0.249 e. The van der Waals surface area contributed by atoms with Gasteiger partial charge in [0.25, 0.3) is 0 Å². The molecule has 0 saturated heterocycles. The van der Waals surface area contributed by atoms with Crippen molar-refractivity contribution in [1.82, 2.24) is 4.90 Å². The molecule has 5 heteroatoms. The highest BCUT2D eigenvalue weighted by Crippen LogP contribution is 2.03. The number of ether oxygens (including phenoxy) is 1. The Hall–Kier alpha value is -1.20. The van der Waals surface area contributed by atoms with E-state index in [1.807, 2.05) is 19.0 Å². The van der Waals surface area contributed by atoms with Gasteiger partial charge in [0.1, 0.15) is 0 Å². The summed E-state index contributed by atoms with van der Waals surface area (Å²) in [5, 5.41) is 2.91. The summed E-state index contributed by atoms with van der Waals surface area (Å²) in [5.74, 6) is 0. The Balaban J connectivity index is 2.13. The van der Waals surface area contributed by atoms with Gasteiger partial charge in [0.05, 0.1) is 18.9 Å². The third kappa shape index (κ3) is 3.15. The van der Waals surface area contributed by atoms with Crippen molar-refractivity contribution in [3.63, 3.8) is 0 Å². The van der Waals surface area contributed by atoms with E-state index < -0.39 is 5.43 Å². The molecular formula is C11H18N2O3. The molecule has 16 heavy (non-hydrogen) atoms. The lowest BCUT2D eigenvalue weighted by Gasteiger charge is -2.12. The largest absolute Gasteiger partial charge is 0.379 e. The van der Waals surface area contributed by atoms with Crippen LogP contribution < -0.4 is 16.2 Å². The number of likely N-dealkylation sites (N-methyl/N-ethyl adjacent to an activating group) is 1. The molecule has 0 aromatic heterocycles. The van der Waals surface area contributed by atoms with E-state index in [0.29, 0.717) is 31.0 Å². The standard InChI is InChI=1S/C11H18N2O3/c1-8-9(11(15)10(8)14)12-4-6-16-7-5-13(2)3/h12H,4-7H2,1-3H3. The molecule has 0 amide bonds. The van der Waals surface area contributed by atoms with Gasteiger partial charge in [-0.05, 0) is 21.0 Å². The van der Waals surface area contributed by atoms with Crippen LogP contribution in [0.3, 0.4) is 0 Å². The van der Waals surface area contributed by atoms with Gasteiger partial charge in [0.15, 0.2) is 0 Å². The van der Waals surface area contributed by atoms with E-state index >= 15 is 0 Å². The van der Waals surface area contributed by atoms with Gasteiger partial charge in [-0.2, -0.15) is 0 Å². The van der Waals surface area contributed by atoms with Crippen molar-refractivity contribution in [1.29, 1.82) is 0 Å². The first kappa shape index (κ1) is 12.9. The van der Waals surface area contributed by atoms with E-state index in [0.717, 1.165) is 6.54 Å². The molecule has 0 saturated carbocycles. The molecule has 0 unspecified atom stereocenters. The van der Waals surface area contributed by atoms with Crippen LogP contribution in [0.5, 0.6) is 0 Å². The van der Waals surface area contributed by atoms with Crippen LogP contribution in [0.25, 0.3) is 0 Å². The van der Waals surface area contributed by atoms with Gasteiger partial charge >= 0.3 is 0 Å². The van der Waals surface area contributed by atoms with E-state index in [-0.39, 0.29) is 5.43 Å². The molecule has 90 valence electrons. The Labute approximate surface area is 94.7 Å². The maximum atomic E-state index is 11.1. The highest BCUT2D eigenvalue weighted by molar-refractivity contribution is 5.55. The van der Waals surface area contributed by atoms with Crippen LogP contribution in [0.1, 0.15) is 5.56 Å². The highest BCUT2D eigenvalue weighted by Gasteiger charge is 2.15. The minimum atomic E-state index is -0.411. The number of nitrogens with one attached hydrogen (secondary N) is 1. The summed E-state index contributed by atoms with van der Waals surface area (Å²) in [5.41, 5.74) is 0.182. The molecule has 0 heterocycles. The molecule has 1 aromatic carbocycles. The van der Waals surface area contributed by atoms with Gasteiger partial charge < -0.3 is 15.0 Å². The molecule has 1 aromatic rings. The zero-order valence-electron chi connectivity index (χ0n) is 10.0. The number of nitrogens with zero attached hydrogens (tertiary/aromatic N) is 1. The van der Waals surface area contributed by atoms with Crippen molar-refractivity contribution in [3.05, 3.63) is 26.0 Å². The second-order valence-electron chi connectivity index (χ2n) is 4.00. The minimum absolute atomic E-state index is 0.379. The fourth-order valence-corrected chi connectivity index (χ4v) is 1.32. The van der Waals surface area contributed by atoms with Crippen molar-refractivity contribution in [3.8, 4) is 0 Å². The monoisotopic (exact) mass is 226 g/mol. The van der Waals surface area contributed by atoms with E-state index in [2.05, 4.69) is 5.32 Å². The van der Waals surface area contributed by atoms with E-state index in [9.17, 15) is 9.59 Å². The van der Waals surface area contributed by atoms with Gasteiger partial charge in [0.2, 0.25) is 10.9 Å². The Kier molecular flexibility index (Phi) is 4.64. The number of rotatable bonds is 7. The predicted octanol–water partition coefficient (Wildman–Crippen LogP) is -0.419. The molecular weight excluding hydrogens is 208 g/mol. The van der Waals surface area contributed by atoms with Crippen molar-refractivity contribution >= 4 is 5.69 Å². The fourth-order valence-electron chi connectivity index (χ4n) is 1.32. The minimum Gasteiger partial charge on any atom is -0.379 e. The predicted molar refractivity (Wildman–Crippen MR) is 64.0 cm³/mol. The molecule has 0 bridgehead atoms. The van der Waals surface area contributed by atoms with Gasteiger partial charge in [-0.1, -0.05) is 0 Å². The summed E-state index contributed by atoms with van der Waals surface area (Å²) in [7, 11) is 3.96. The lowest BCUT2D eigenvalue weighted by atomic mass is 10.1. The molecule has 0 atom stereocenters. The normalized spacial score (nSPS) is 11.2.